The fourth-order valence-corrected chi connectivity index (χ4v) is 3.09. The van der Waals surface area contributed by atoms with E-state index in [2.05, 4.69) is 0 Å². The number of benzene rings is 1. The number of ether oxygens (including phenoxy) is 1. The Balaban J connectivity index is 2.08. The molecule has 2 heterocycles. The maximum atomic E-state index is 13.5. The van der Waals surface area contributed by atoms with E-state index in [-0.39, 0.29) is 43.9 Å². The second-order valence-corrected chi connectivity index (χ2v) is 6.32. The highest BCUT2D eigenvalue weighted by Gasteiger charge is 2.36. The molecule has 1 aliphatic rings. The Morgan fingerprint density at radius 1 is 1.19 bits per heavy atom. The van der Waals surface area contributed by atoms with E-state index in [9.17, 15) is 23.2 Å². The van der Waals surface area contributed by atoms with Gasteiger partial charge in [0.25, 0.3) is 5.92 Å². The summed E-state index contributed by atoms with van der Waals surface area (Å²) in [6.07, 6.45) is -0.650. The van der Waals surface area contributed by atoms with Gasteiger partial charge in [-0.3, -0.25) is 0 Å². The lowest BCUT2D eigenvalue weighted by atomic mass is 10.0. The second-order valence-electron chi connectivity index (χ2n) is 6.32. The molecule has 0 amide bonds. The van der Waals surface area contributed by atoms with E-state index in [1.54, 1.807) is 17.9 Å². The minimum absolute atomic E-state index is 0.0694. The van der Waals surface area contributed by atoms with E-state index in [1.165, 1.54) is 30.3 Å². The molecule has 0 atom stereocenters. The van der Waals surface area contributed by atoms with Gasteiger partial charge in [0.15, 0.2) is 0 Å². The van der Waals surface area contributed by atoms with Crippen LogP contribution in [0.1, 0.15) is 30.3 Å². The minimum atomic E-state index is -2.73. The molecule has 0 spiro atoms. The molecule has 27 heavy (non-hydrogen) atoms. The normalized spacial score (nSPS) is 16.2. The number of carbonyl (C=O) groups is 1. The number of nitrogens with zero attached hydrogens (tertiary/aromatic N) is 2. The van der Waals surface area contributed by atoms with Crippen molar-refractivity contribution in [1.82, 2.24) is 0 Å². The molecular weight excluding hydrogens is 361 g/mol. The van der Waals surface area contributed by atoms with Gasteiger partial charge < -0.3 is 14.8 Å². The van der Waals surface area contributed by atoms with Crippen molar-refractivity contribution in [3.8, 4) is 11.3 Å². The minimum Gasteiger partial charge on any atom is -0.618 e. The average molecular weight is 380 g/mol. The van der Waals surface area contributed by atoms with Gasteiger partial charge in [0.05, 0.1) is 6.61 Å². The molecule has 8 heteroatoms. The van der Waals surface area contributed by atoms with E-state index in [1.807, 2.05) is 0 Å². The van der Waals surface area contributed by atoms with Gasteiger partial charge in [-0.15, -0.1) is 0 Å². The van der Waals surface area contributed by atoms with Crippen molar-refractivity contribution >= 4 is 11.7 Å². The summed E-state index contributed by atoms with van der Waals surface area (Å²) in [6.45, 7) is 1.86. The van der Waals surface area contributed by atoms with Crippen LogP contribution >= 0.6 is 0 Å². The van der Waals surface area contributed by atoms with E-state index < -0.39 is 17.7 Å². The van der Waals surface area contributed by atoms with E-state index in [0.717, 1.165) is 0 Å². The van der Waals surface area contributed by atoms with Crippen molar-refractivity contribution in [2.45, 2.75) is 25.7 Å². The zero-order chi connectivity index (χ0) is 19.6. The Hall–Kier alpha value is -2.77. The number of aromatic nitrogens is 1. The molecule has 1 aromatic carbocycles. The third-order valence-corrected chi connectivity index (χ3v) is 4.50. The Morgan fingerprint density at radius 3 is 2.41 bits per heavy atom. The van der Waals surface area contributed by atoms with Gasteiger partial charge in [-0.1, -0.05) is 0 Å². The summed E-state index contributed by atoms with van der Waals surface area (Å²) in [4.78, 5) is 13.7. The average Bonchev–Trinajstić information content (AvgIpc) is 2.63. The molecule has 1 aliphatic heterocycles. The maximum absolute atomic E-state index is 13.5. The van der Waals surface area contributed by atoms with Gasteiger partial charge in [-0.2, -0.15) is 4.73 Å². The molecule has 144 valence electrons. The predicted octanol–water partition coefficient (Wildman–Crippen LogP) is 3.54. The summed E-state index contributed by atoms with van der Waals surface area (Å²) in [6, 6.07) is 8.08. The molecule has 1 saturated heterocycles. The van der Waals surface area contributed by atoms with Crippen LogP contribution in [0.25, 0.3) is 11.3 Å². The summed E-state index contributed by atoms with van der Waals surface area (Å²) in [7, 11) is 0. The number of esters is 1. The Labute approximate surface area is 154 Å². The number of anilines is 1. The highest BCUT2D eigenvalue weighted by molar-refractivity contribution is 5.87. The first-order chi connectivity index (χ1) is 12.8. The molecule has 0 aliphatic carbocycles. The van der Waals surface area contributed by atoms with Gasteiger partial charge in [-0.05, 0) is 37.3 Å². The number of hydrogen-bond donors (Lipinski definition) is 0. The van der Waals surface area contributed by atoms with Crippen LogP contribution in [-0.2, 0) is 4.74 Å². The number of carbonyl (C=O) groups excluding carboxylic acids is 1. The molecule has 0 radical (unpaired) electrons. The van der Waals surface area contributed by atoms with Crippen LogP contribution in [0.2, 0.25) is 0 Å². The van der Waals surface area contributed by atoms with Gasteiger partial charge >= 0.3 is 11.7 Å². The molecule has 0 unspecified atom stereocenters. The Bertz CT molecular complexity index is 831. The van der Waals surface area contributed by atoms with Crippen LogP contribution in [0, 0.1) is 11.0 Å². The van der Waals surface area contributed by atoms with Crippen molar-refractivity contribution in [1.29, 1.82) is 0 Å². The fraction of sp³-hybridized carbons (Fsp3) is 0.368. The number of halogens is 3. The first-order valence-corrected chi connectivity index (χ1v) is 8.65. The molecule has 2 aromatic rings. The largest absolute Gasteiger partial charge is 0.618 e. The molecule has 0 saturated carbocycles. The van der Waals surface area contributed by atoms with Crippen LogP contribution in [0.5, 0.6) is 0 Å². The zero-order valence-electron chi connectivity index (χ0n) is 14.8. The predicted molar refractivity (Wildman–Crippen MR) is 93.1 cm³/mol. The molecule has 5 nitrogen and oxygen atoms in total. The summed E-state index contributed by atoms with van der Waals surface area (Å²) in [5.74, 6) is -3.99. The summed E-state index contributed by atoms with van der Waals surface area (Å²) in [5.41, 5.74) is 0.679. The van der Waals surface area contributed by atoms with Crippen LogP contribution < -0.4 is 9.63 Å². The van der Waals surface area contributed by atoms with Gasteiger partial charge in [0.2, 0.25) is 5.69 Å². The van der Waals surface area contributed by atoms with Crippen LogP contribution in [-0.4, -0.2) is 31.6 Å². The highest BCUT2D eigenvalue weighted by atomic mass is 19.3. The standard InChI is InChI=1S/C19H19F3N2O3/c1-2-27-18(25)16-8-7-15(23-11-9-19(21,22)10-12-23)17(24(16)26)13-3-5-14(20)6-4-13/h3-8H,2,9-12H2,1H3. The number of piperidine rings is 1. The summed E-state index contributed by atoms with van der Waals surface area (Å²) < 4.78 is 45.6. The lowest BCUT2D eigenvalue weighted by molar-refractivity contribution is -0.596. The van der Waals surface area contributed by atoms with Crippen molar-refractivity contribution in [2.75, 3.05) is 24.6 Å². The van der Waals surface area contributed by atoms with Gasteiger partial charge in [0, 0.05) is 37.6 Å². The SMILES string of the molecule is CCOC(=O)c1ccc(N2CCC(F)(F)CC2)c(-c2ccc(F)cc2)[n+]1[O-]. The van der Waals surface area contributed by atoms with E-state index >= 15 is 0 Å². The van der Waals surface area contributed by atoms with Gasteiger partial charge in [-0.25, -0.2) is 18.0 Å². The molecular formula is C19H19F3N2O3. The fourth-order valence-electron chi connectivity index (χ4n) is 3.09. The monoisotopic (exact) mass is 380 g/mol. The highest BCUT2D eigenvalue weighted by Crippen LogP contribution is 2.34. The summed E-state index contributed by atoms with van der Waals surface area (Å²) >= 11 is 0. The first kappa shape index (κ1) is 19.0. The third kappa shape index (κ3) is 3.99. The quantitative estimate of drug-likeness (QED) is 0.463. The van der Waals surface area contributed by atoms with Crippen molar-refractivity contribution in [3.05, 3.63) is 53.1 Å². The van der Waals surface area contributed by atoms with E-state index in [4.69, 9.17) is 4.74 Å². The molecule has 1 fully saturated rings. The second kappa shape index (κ2) is 7.46. The molecule has 0 N–H and O–H groups in total. The van der Waals surface area contributed by atoms with E-state index in [0.29, 0.717) is 16.0 Å². The topological polar surface area (TPSA) is 56.5 Å². The smallest absolute Gasteiger partial charge is 0.405 e. The van der Waals surface area contributed by atoms with Gasteiger partial charge in [0.1, 0.15) is 11.5 Å². The van der Waals surface area contributed by atoms with Crippen molar-refractivity contribution in [3.63, 3.8) is 0 Å². The number of rotatable bonds is 4. The molecule has 3 rings (SSSR count). The van der Waals surface area contributed by atoms with Crippen LogP contribution in [0.3, 0.4) is 0 Å². The Kier molecular flexibility index (Phi) is 5.25. The van der Waals surface area contributed by atoms with Crippen molar-refractivity contribution in [2.24, 2.45) is 0 Å². The lowest BCUT2D eigenvalue weighted by Crippen LogP contribution is -2.43. The third-order valence-electron chi connectivity index (χ3n) is 4.50. The lowest BCUT2D eigenvalue weighted by Gasteiger charge is -2.33. The van der Waals surface area contributed by atoms with Crippen LogP contribution in [0.4, 0.5) is 18.9 Å². The summed E-state index contributed by atoms with van der Waals surface area (Å²) in [5, 5.41) is 12.9. The molecule has 1 aromatic heterocycles. The zero-order valence-corrected chi connectivity index (χ0v) is 14.8. The maximum Gasteiger partial charge on any atom is 0.405 e. The number of hydrogen-bond acceptors (Lipinski definition) is 4. The van der Waals surface area contributed by atoms with Crippen LogP contribution in [0.15, 0.2) is 36.4 Å². The Morgan fingerprint density at radius 2 is 1.81 bits per heavy atom. The van der Waals surface area contributed by atoms with Crippen molar-refractivity contribution < 1.29 is 27.4 Å². The number of pyridine rings is 1. The molecule has 0 bridgehead atoms. The first-order valence-electron chi connectivity index (χ1n) is 8.65. The number of alkyl halides is 2.